The van der Waals surface area contributed by atoms with Crippen LogP contribution in [0.5, 0.6) is 0 Å². The predicted molar refractivity (Wildman–Crippen MR) is 90.1 cm³/mol. The fourth-order valence-electron chi connectivity index (χ4n) is 2.31. The third kappa shape index (κ3) is 5.79. The summed E-state index contributed by atoms with van der Waals surface area (Å²) in [5.41, 5.74) is -7.17. The van der Waals surface area contributed by atoms with Gasteiger partial charge in [-0.25, -0.2) is 9.78 Å². The molecular formula is C17H10F9N3O3. The number of nitrogens with zero attached hydrogens (tertiary/aromatic N) is 2. The van der Waals surface area contributed by atoms with Gasteiger partial charge in [-0.1, -0.05) is 12.6 Å². The number of carbonyl (C=O) groups excluding carboxylic acids is 1. The Balaban J connectivity index is 2.28. The Kier molecular flexibility index (Phi) is 6.61. The fourth-order valence-corrected chi connectivity index (χ4v) is 2.31. The first-order chi connectivity index (χ1) is 14.5. The van der Waals surface area contributed by atoms with Crippen LogP contribution >= 0.6 is 0 Å². The van der Waals surface area contributed by atoms with E-state index < -0.39 is 65.1 Å². The molecule has 6 nitrogen and oxygen atoms in total. The van der Waals surface area contributed by atoms with Gasteiger partial charge in [-0.2, -0.15) is 39.5 Å². The number of benzene rings is 1. The highest BCUT2D eigenvalue weighted by Crippen LogP contribution is 2.37. The molecule has 0 atom stereocenters. The molecule has 15 heteroatoms. The number of hydrogen-bond donors (Lipinski definition) is 1. The van der Waals surface area contributed by atoms with E-state index in [1.54, 1.807) is 5.32 Å². The molecule has 0 radical (unpaired) electrons. The smallest absolute Gasteiger partial charge is 0.433 e. The van der Waals surface area contributed by atoms with Crippen LogP contribution in [-0.2, 0) is 29.9 Å². The molecule has 0 aliphatic carbocycles. The first-order valence-electron chi connectivity index (χ1n) is 8.08. The maximum absolute atomic E-state index is 13.1. The zero-order chi connectivity index (χ0) is 24.5. The molecule has 2 rings (SSSR count). The molecule has 0 saturated carbocycles. The van der Waals surface area contributed by atoms with E-state index >= 15 is 0 Å². The van der Waals surface area contributed by atoms with Gasteiger partial charge in [0.2, 0.25) is 5.95 Å². The average molecular weight is 475 g/mol. The summed E-state index contributed by atoms with van der Waals surface area (Å²) in [5, 5.41) is 1.64. The normalized spacial score (nSPS) is 12.4. The molecular weight excluding hydrogens is 465 g/mol. The summed E-state index contributed by atoms with van der Waals surface area (Å²) in [6, 6.07) is 0.688. The van der Waals surface area contributed by atoms with Crippen LogP contribution in [-0.4, -0.2) is 15.6 Å². The number of amides is 1. The number of ether oxygens (including phenoxy) is 1. The van der Waals surface area contributed by atoms with E-state index in [2.05, 4.69) is 16.3 Å². The van der Waals surface area contributed by atoms with E-state index in [0.717, 1.165) is 0 Å². The number of aromatic nitrogens is 2. The van der Waals surface area contributed by atoms with Gasteiger partial charge in [0, 0.05) is 17.8 Å². The molecule has 32 heavy (non-hydrogen) atoms. The van der Waals surface area contributed by atoms with Crippen LogP contribution in [0.1, 0.15) is 22.4 Å². The summed E-state index contributed by atoms with van der Waals surface area (Å²) in [7, 11) is 0. The number of alkyl halides is 9. The Labute approximate surface area is 171 Å². The minimum atomic E-state index is -5.23. The Morgan fingerprint density at radius 3 is 2.16 bits per heavy atom. The van der Waals surface area contributed by atoms with E-state index in [9.17, 15) is 49.1 Å². The number of carbonyl (C=O) groups is 1. The van der Waals surface area contributed by atoms with Crippen molar-refractivity contribution in [3.05, 3.63) is 63.6 Å². The Morgan fingerprint density at radius 2 is 1.66 bits per heavy atom. The van der Waals surface area contributed by atoms with E-state index in [1.807, 2.05) is 0 Å². The largest absolute Gasteiger partial charge is 0.444 e. The van der Waals surface area contributed by atoms with Gasteiger partial charge in [0.25, 0.3) is 5.56 Å². The van der Waals surface area contributed by atoms with E-state index in [4.69, 9.17) is 0 Å². The van der Waals surface area contributed by atoms with Gasteiger partial charge in [-0.15, -0.1) is 0 Å². The van der Waals surface area contributed by atoms with Crippen LogP contribution in [0.25, 0.3) is 6.20 Å². The van der Waals surface area contributed by atoms with E-state index in [0.29, 0.717) is 22.9 Å². The third-order valence-corrected chi connectivity index (χ3v) is 3.74. The lowest BCUT2D eigenvalue weighted by molar-refractivity contribution is -0.144. The van der Waals surface area contributed by atoms with Crippen LogP contribution in [0.2, 0.25) is 0 Å². The molecule has 0 saturated heterocycles. The Hall–Kier alpha value is -3.52. The highest BCUT2D eigenvalue weighted by molar-refractivity contribution is 5.82. The topological polar surface area (TPSA) is 73.2 Å². The van der Waals surface area contributed by atoms with Gasteiger partial charge in [0.15, 0.2) is 5.69 Å². The van der Waals surface area contributed by atoms with Crippen molar-refractivity contribution in [1.29, 1.82) is 0 Å². The molecule has 1 N–H and O–H groups in total. The maximum atomic E-state index is 13.1. The van der Waals surface area contributed by atoms with Crippen molar-refractivity contribution < 1.29 is 49.0 Å². The molecule has 1 aromatic carbocycles. The lowest BCUT2D eigenvalue weighted by atomic mass is 10.0. The molecule has 1 heterocycles. The maximum Gasteiger partial charge on any atom is 0.433 e. The van der Waals surface area contributed by atoms with E-state index in [1.165, 1.54) is 0 Å². The van der Waals surface area contributed by atoms with Gasteiger partial charge >= 0.3 is 24.6 Å². The molecule has 1 aromatic heterocycles. The number of halogens is 9. The predicted octanol–water partition coefficient (Wildman–Crippen LogP) is 5.15. The molecule has 0 spiro atoms. The van der Waals surface area contributed by atoms with Crippen LogP contribution in [0.15, 0.2) is 35.6 Å². The SMILES string of the molecule is C=Cn1c(NC(=O)OCc2ccc(C(F)(F)F)cc2C(F)(F)F)nc(C(F)(F)F)cc1=O. The van der Waals surface area contributed by atoms with Gasteiger partial charge in [-0.3, -0.25) is 14.7 Å². The van der Waals surface area contributed by atoms with Crippen molar-refractivity contribution in [1.82, 2.24) is 9.55 Å². The third-order valence-electron chi connectivity index (χ3n) is 3.74. The van der Waals surface area contributed by atoms with Crippen molar-refractivity contribution in [3.8, 4) is 0 Å². The second kappa shape index (κ2) is 8.55. The minimum absolute atomic E-state index is 0.107. The van der Waals surface area contributed by atoms with Gasteiger partial charge in [0.05, 0.1) is 11.1 Å². The standard InChI is InChI=1S/C17H10F9N3O3/c1-2-29-12(30)6-11(17(24,25)26)27-13(29)28-14(31)32-7-8-3-4-9(15(18,19)20)5-10(8)16(21,22)23/h2-6H,1,7H2,(H,27,28,31). The van der Waals surface area contributed by atoms with Crippen LogP contribution in [0, 0.1) is 0 Å². The minimum Gasteiger partial charge on any atom is -0.444 e. The average Bonchev–Trinajstić information content (AvgIpc) is 2.63. The number of nitrogens with one attached hydrogen (secondary N) is 1. The first-order valence-corrected chi connectivity index (χ1v) is 8.08. The summed E-state index contributed by atoms with van der Waals surface area (Å²) in [4.78, 5) is 26.6. The molecule has 1 amide bonds. The van der Waals surface area contributed by atoms with Gasteiger partial charge in [0.1, 0.15) is 6.61 Å². The van der Waals surface area contributed by atoms with Crippen LogP contribution in [0.4, 0.5) is 50.3 Å². The van der Waals surface area contributed by atoms with Crippen LogP contribution < -0.4 is 10.9 Å². The summed E-state index contributed by atoms with van der Waals surface area (Å²) >= 11 is 0. The fraction of sp³-hybridized carbons (Fsp3) is 0.235. The van der Waals surface area contributed by atoms with Crippen molar-refractivity contribution in [2.45, 2.75) is 25.1 Å². The Morgan fingerprint density at radius 1 is 1.03 bits per heavy atom. The summed E-state index contributed by atoms with van der Waals surface area (Å²) in [6.07, 6.45) is -16.3. The Bertz CT molecular complexity index is 1090. The number of anilines is 1. The monoisotopic (exact) mass is 475 g/mol. The molecule has 0 unspecified atom stereocenters. The zero-order valence-corrected chi connectivity index (χ0v) is 15.3. The first kappa shape index (κ1) is 24.7. The number of rotatable bonds is 4. The molecule has 0 aliphatic rings. The lowest BCUT2D eigenvalue weighted by Gasteiger charge is -2.16. The molecule has 174 valence electrons. The van der Waals surface area contributed by atoms with E-state index in [-0.39, 0.29) is 12.1 Å². The van der Waals surface area contributed by atoms with Crippen LogP contribution in [0.3, 0.4) is 0 Å². The second-order valence-electron chi connectivity index (χ2n) is 5.92. The molecule has 0 fully saturated rings. The molecule has 0 bridgehead atoms. The van der Waals surface area contributed by atoms with Crippen molar-refractivity contribution in [2.24, 2.45) is 0 Å². The zero-order valence-electron chi connectivity index (χ0n) is 15.3. The summed E-state index contributed by atoms with van der Waals surface area (Å²) in [6.45, 7) is 1.95. The quantitative estimate of drug-likeness (QED) is 0.621. The van der Waals surface area contributed by atoms with Crippen molar-refractivity contribution in [2.75, 3.05) is 5.32 Å². The summed E-state index contributed by atoms with van der Waals surface area (Å²) in [5.74, 6) is -1.01. The molecule has 0 aliphatic heterocycles. The molecule has 2 aromatic rings. The number of hydrogen-bond acceptors (Lipinski definition) is 4. The van der Waals surface area contributed by atoms with Crippen molar-refractivity contribution >= 4 is 18.2 Å². The highest BCUT2D eigenvalue weighted by Gasteiger charge is 2.38. The van der Waals surface area contributed by atoms with Gasteiger partial charge in [-0.05, 0) is 12.1 Å². The van der Waals surface area contributed by atoms with Gasteiger partial charge < -0.3 is 4.74 Å². The van der Waals surface area contributed by atoms with Crippen molar-refractivity contribution in [3.63, 3.8) is 0 Å². The second-order valence-corrected chi connectivity index (χ2v) is 5.92. The summed E-state index contributed by atoms with van der Waals surface area (Å²) < 4.78 is 121. The lowest BCUT2D eigenvalue weighted by Crippen LogP contribution is -2.27. The highest BCUT2D eigenvalue weighted by atomic mass is 19.4.